The van der Waals surface area contributed by atoms with Gasteiger partial charge in [-0.3, -0.25) is 0 Å². The molecule has 1 aromatic heterocycles. The smallest absolute Gasteiger partial charge is 0.322 e. The number of hydrogen-bond acceptors (Lipinski definition) is 4. The zero-order valence-corrected chi connectivity index (χ0v) is 17.0. The number of nitrogens with zero attached hydrogens (tertiary/aromatic N) is 3. The molecule has 1 fully saturated rings. The lowest BCUT2D eigenvalue weighted by molar-refractivity contribution is 0.142. The molecule has 0 unspecified atom stereocenters. The van der Waals surface area contributed by atoms with Crippen LogP contribution in [0.2, 0.25) is 5.02 Å². The van der Waals surface area contributed by atoms with Gasteiger partial charge in [0.25, 0.3) is 0 Å². The van der Waals surface area contributed by atoms with Gasteiger partial charge < -0.3 is 14.7 Å². The highest BCUT2D eigenvalue weighted by atomic mass is 35.5. The van der Waals surface area contributed by atoms with Crippen molar-refractivity contribution in [3.05, 3.63) is 65.0 Å². The third kappa shape index (κ3) is 4.27. The minimum atomic E-state index is -0.230. The Morgan fingerprint density at radius 1 is 1.21 bits per heavy atom. The molecule has 1 aliphatic heterocycles. The number of aryl methyl sites for hydroxylation is 1. The molecular weight excluding hydrogens is 388 g/mol. The molecule has 2 aromatic carbocycles. The van der Waals surface area contributed by atoms with E-state index in [-0.39, 0.29) is 12.1 Å². The third-order valence-electron chi connectivity index (χ3n) is 5.23. The Labute approximate surface area is 174 Å². The SMILES string of the molecule is CCc1ccccc1NC(=O)N1CCCC[C@@H]1c1nc(-c2ccc(Cl)cc2)no1. The molecule has 150 valence electrons. The van der Waals surface area contributed by atoms with Crippen LogP contribution in [0.1, 0.15) is 43.7 Å². The predicted molar refractivity (Wildman–Crippen MR) is 113 cm³/mol. The summed E-state index contributed by atoms with van der Waals surface area (Å²) < 4.78 is 5.55. The van der Waals surface area contributed by atoms with Gasteiger partial charge in [-0.2, -0.15) is 4.98 Å². The van der Waals surface area contributed by atoms with Crippen molar-refractivity contribution in [3.8, 4) is 11.4 Å². The van der Waals surface area contributed by atoms with Crippen molar-refractivity contribution in [2.24, 2.45) is 0 Å². The molecule has 4 rings (SSSR count). The van der Waals surface area contributed by atoms with Crippen LogP contribution in [0.4, 0.5) is 10.5 Å². The van der Waals surface area contributed by atoms with Crippen molar-refractivity contribution < 1.29 is 9.32 Å². The summed E-state index contributed by atoms with van der Waals surface area (Å²) in [5.41, 5.74) is 2.78. The number of rotatable bonds is 4. The Morgan fingerprint density at radius 2 is 2.00 bits per heavy atom. The van der Waals surface area contributed by atoms with Crippen LogP contribution >= 0.6 is 11.6 Å². The molecule has 1 saturated heterocycles. The van der Waals surface area contributed by atoms with Gasteiger partial charge in [0.05, 0.1) is 0 Å². The molecule has 1 N–H and O–H groups in total. The number of urea groups is 1. The zero-order chi connectivity index (χ0) is 20.2. The molecule has 0 spiro atoms. The molecule has 1 atom stereocenters. The number of anilines is 1. The number of piperidine rings is 1. The molecule has 2 amide bonds. The quantitative estimate of drug-likeness (QED) is 0.597. The molecule has 0 aliphatic carbocycles. The van der Waals surface area contributed by atoms with Crippen molar-refractivity contribution in [2.45, 2.75) is 38.6 Å². The van der Waals surface area contributed by atoms with Gasteiger partial charge in [0.1, 0.15) is 6.04 Å². The van der Waals surface area contributed by atoms with Crippen molar-refractivity contribution in [1.29, 1.82) is 0 Å². The van der Waals surface area contributed by atoms with Gasteiger partial charge >= 0.3 is 6.03 Å². The largest absolute Gasteiger partial charge is 0.337 e. The zero-order valence-electron chi connectivity index (χ0n) is 16.3. The highest BCUT2D eigenvalue weighted by molar-refractivity contribution is 6.30. The van der Waals surface area contributed by atoms with Gasteiger partial charge in [0.15, 0.2) is 0 Å². The van der Waals surface area contributed by atoms with Crippen molar-refractivity contribution in [2.75, 3.05) is 11.9 Å². The van der Waals surface area contributed by atoms with Crippen LogP contribution in [0.3, 0.4) is 0 Å². The fourth-order valence-electron chi connectivity index (χ4n) is 3.66. The van der Waals surface area contributed by atoms with E-state index in [1.807, 2.05) is 36.4 Å². The van der Waals surface area contributed by atoms with Crippen LogP contribution in [0.25, 0.3) is 11.4 Å². The van der Waals surface area contributed by atoms with E-state index in [0.29, 0.717) is 23.3 Å². The fourth-order valence-corrected chi connectivity index (χ4v) is 3.78. The van der Waals surface area contributed by atoms with Crippen LogP contribution in [0, 0.1) is 0 Å². The number of nitrogens with one attached hydrogen (secondary N) is 1. The highest BCUT2D eigenvalue weighted by Crippen LogP contribution is 2.32. The first-order valence-electron chi connectivity index (χ1n) is 9.90. The number of amides is 2. The summed E-state index contributed by atoms with van der Waals surface area (Å²) in [6.45, 7) is 2.73. The monoisotopic (exact) mass is 410 g/mol. The number of hydrogen-bond donors (Lipinski definition) is 1. The van der Waals surface area contributed by atoms with E-state index in [9.17, 15) is 4.79 Å². The van der Waals surface area contributed by atoms with Gasteiger partial charge in [-0.15, -0.1) is 0 Å². The second-order valence-electron chi connectivity index (χ2n) is 7.11. The number of benzene rings is 2. The molecule has 0 saturated carbocycles. The summed E-state index contributed by atoms with van der Waals surface area (Å²) in [5, 5.41) is 7.82. The van der Waals surface area contributed by atoms with E-state index in [2.05, 4.69) is 22.4 Å². The van der Waals surface area contributed by atoms with Gasteiger partial charge in [0.2, 0.25) is 11.7 Å². The van der Waals surface area contributed by atoms with Gasteiger partial charge in [0, 0.05) is 22.8 Å². The van der Waals surface area contributed by atoms with E-state index in [1.54, 1.807) is 17.0 Å². The van der Waals surface area contributed by atoms with E-state index in [4.69, 9.17) is 16.1 Å². The van der Waals surface area contributed by atoms with Crippen molar-refractivity contribution >= 4 is 23.3 Å². The minimum Gasteiger partial charge on any atom is -0.337 e. The number of halogens is 1. The molecule has 2 heterocycles. The molecule has 0 bridgehead atoms. The summed E-state index contributed by atoms with van der Waals surface area (Å²) in [4.78, 5) is 19.4. The molecular formula is C22H23ClN4O2. The summed E-state index contributed by atoms with van der Waals surface area (Å²) in [6.07, 6.45) is 3.62. The first-order chi connectivity index (χ1) is 14.2. The maximum absolute atomic E-state index is 13.0. The summed E-state index contributed by atoms with van der Waals surface area (Å²) >= 11 is 5.95. The van der Waals surface area contributed by atoms with Gasteiger partial charge in [-0.25, -0.2) is 4.79 Å². The van der Waals surface area contributed by atoms with Crippen LogP contribution < -0.4 is 5.32 Å². The predicted octanol–water partition coefficient (Wildman–Crippen LogP) is 5.71. The van der Waals surface area contributed by atoms with Gasteiger partial charge in [-0.1, -0.05) is 41.9 Å². The van der Waals surface area contributed by atoms with Gasteiger partial charge in [-0.05, 0) is 61.6 Å². The summed E-state index contributed by atoms with van der Waals surface area (Å²) in [5.74, 6) is 0.965. The lowest BCUT2D eigenvalue weighted by Crippen LogP contribution is -2.41. The molecule has 1 aliphatic rings. The van der Waals surface area contributed by atoms with E-state index < -0.39 is 0 Å². The maximum atomic E-state index is 13.0. The lowest BCUT2D eigenvalue weighted by Gasteiger charge is -2.33. The topological polar surface area (TPSA) is 71.3 Å². The average Bonchev–Trinajstić information content (AvgIpc) is 3.25. The van der Waals surface area contributed by atoms with E-state index in [1.165, 1.54) is 0 Å². The third-order valence-corrected chi connectivity index (χ3v) is 5.48. The Hall–Kier alpha value is -2.86. The summed E-state index contributed by atoms with van der Waals surface area (Å²) in [7, 11) is 0. The number of carbonyl (C=O) groups is 1. The second-order valence-corrected chi connectivity index (χ2v) is 7.55. The molecule has 29 heavy (non-hydrogen) atoms. The first-order valence-corrected chi connectivity index (χ1v) is 10.3. The fraction of sp³-hybridized carbons (Fsp3) is 0.318. The van der Waals surface area contributed by atoms with Crippen LogP contribution in [0.5, 0.6) is 0 Å². The van der Waals surface area contributed by atoms with Crippen LogP contribution in [0.15, 0.2) is 53.1 Å². The van der Waals surface area contributed by atoms with E-state index >= 15 is 0 Å². The second kappa shape index (κ2) is 8.66. The molecule has 7 heteroatoms. The molecule has 0 radical (unpaired) electrons. The number of likely N-dealkylation sites (tertiary alicyclic amines) is 1. The number of carbonyl (C=O) groups excluding carboxylic acids is 1. The average molecular weight is 411 g/mol. The van der Waals surface area contributed by atoms with E-state index in [0.717, 1.165) is 42.5 Å². The summed E-state index contributed by atoms with van der Waals surface area (Å²) in [6, 6.07) is 14.8. The Bertz CT molecular complexity index is 986. The normalized spacial score (nSPS) is 16.6. The number of aromatic nitrogens is 2. The standard InChI is InChI=1S/C22H23ClN4O2/c1-2-15-7-3-4-8-18(15)24-22(28)27-14-6-5-9-19(27)21-25-20(26-29-21)16-10-12-17(23)13-11-16/h3-4,7-8,10-13,19H,2,5-6,9,14H2,1H3,(H,24,28)/t19-/m1/s1. The van der Waals surface area contributed by atoms with Crippen LogP contribution in [-0.4, -0.2) is 27.6 Å². The highest BCUT2D eigenvalue weighted by Gasteiger charge is 2.32. The number of para-hydroxylation sites is 1. The Morgan fingerprint density at radius 3 is 2.79 bits per heavy atom. The first kappa shape index (κ1) is 19.5. The van der Waals surface area contributed by atoms with Crippen molar-refractivity contribution in [1.82, 2.24) is 15.0 Å². The maximum Gasteiger partial charge on any atom is 0.322 e. The molecule has 6 nitrogen and oxygen atoms in total. The minimum absolute atomic E-state index is 0.137. The Balaban J connectivity index is 1.54. The van der Waals surface area contributed by atoms with Crippen LogP contribution in [-0.2, 0) is 6.42 Å². The Kier molecular flexibility index (Phi) is 5.81. The lowest BCUT2D eigenvalue weighted by atomic mass is 10.0. The van der Waals surface area contributed by atoms with Crippen molar-refractivity contribution in [3.63, 3.8) is 0 Å². The molecule has 3 aromatic rings.